The van der Waals surface area contributed by atoms with Gasteiger partial charge in [0, 0.05) is 24.7 Å². The maximum Gasteiger partial charge on any atom is 0.124 e. The molecular weight excluding hydrogens is 372 g/mol. The highest BCUT2D eigenvalue weighted by Gasteiger charge is 2.24. The Hall–Kier alpha value is -3.04. The zero-order valence-corrected chi connectivity index (χ0v) is 16.2. The van der Waals surface area contributed by atoms with Crippen molar-refractivity contribution in [1.82, 2.24) is 4.98 Å². The third-order valence-electron chi connectivity index (χ3n) is 5.38. The third kappa shape index (κ3) is 4.06. The molecule has 0 radical (unpaired) electrons. The molecule has 29 heavy (non-hydrogen) atoms. The molecule has 0 atom stereocenters. The van der Waals surface area contributed by atoms with Gasteiger partial charge in [-0.1, -0.05) is 12.1 Å². The number of aromatic nitrogens is 1. The second kappa shape index (κ2) is 8.14. The van der Waals surface area contributed by atoms with E-state index in [1.807, 2.05) is 6.92 Å². The van der Waals surface area contributed by atoms with Gasteiger partial charge in [-0.25, -0.2) is 8.78 Å². The van der Waals surface area contributed by atoms with Crippen LogP contribution >= 0.6 is 0 Å². The average Bonchev–Trinajstić information content (AvgIpc) is 2.73. The van der Waals surface area contributed by atoms with Gasteiger partial charge in [0.2, 0.25) is 0 Å². The van der Waals surface area contributed by atoms with Gasteiger partial charge in [0.05, 0.1) is 29.5 Å². The largest absolute Gasteiger partial charge is 0.373 e. The van der Waals surface area contributed by atoms with E-state index in [0.717, 1.165) is 35.2 Å². The van der Waals surface area contributed by atoms with E-state index in [0.29, 0.717) is 30.6 Å². The molecule has 1 aliphatic heterocycles. The van der Waals surface area contributed by atoms with E-state index in [4.69, 9.17) is 4.74 Å². The van der Waals surface area contributed by atoms with Crippen LogP contribution in [0.25, 0.3) is 10.9 Å². The second-order valence-electron chi connectivity index (χ2n) is 7.38. The SMILES string of the molecule is Cc1cc(F)cc2c(N3CCC(OCc4ccc(F)cc4)CC3)c(C#N)cnc12. The van der Waals surface area contributed by atoms with Crippen LogP contribution in [0.3, 0.4) is 0 Å². The van der Waals surface area contributed by atoms with Crippen LogP contribution in [-0.2, 0) is 11.3 Å². The fourth-order valence-electron chi connectivity index (χ4n) is 3.89. The summed E-state index contributed by atoms with van der Waals surface area (Å²) in [6.45, 7) is 3.68. The molecule has 0 saturated carbocycles. The normalized spacial score (nSPS) is 14.9. The summed E-state index contributed by atoms with van der Waals surface area (Å²) >= 11 is 0. The Balaban J connectivity index is 1.50. The van der Waals surface area contributed by atoms with Crippen molar-refractivity contribution in [2.24, 2.45) is 0 Å². The molecule has 1 saturated heterocycles. The molecule has 0 spiro atoms. The highest BCUT2D eigenvalue weighted by Crippen LogP contribution is 2.33. The number of pyridine rings is 1. The first-order valence-electron chi connectivity index (χ1n) is 9.65. The summed E-state index contributed by atoms with van der Waals surface area (Å²) in [6, 6.07) is 11.4. The molecule has 0 N–H and O–H groups in total. The number of piperidine rings is 1. The quantitative estimate of drug-likeness (QED) is 0.634. The van der Waals surface area contributed by atoms with E-state index in [1.165, 1.54) is 24.3 Å². The summed E-state index contributed by atoms with van der Waals surface area (Å²) in [4.78, 5) is 6.49. The Morgan fingerprint density at radius 3 is 2.55 bits per heavy atom. The van der Waals surface area contributed by atoms with Gasteiger partial charge in [0.1, 0.15) is 17.7 Å². The van der Waals surface area contributed by atoms with Crippen molar-refractivity contribution in [2.75, 3.05) is 18.0 Å². The molecule has 0 unspecified atom stereocenters. The van der Waals surface area contributed by atoms with Crippen molar-refractivity contribution in [3.05, 3.63) is 70.9 Å². The molecule has 0 bridgehead atoms. The average molecular weight is 393 g/mol. The van der Waals surface area contributed by atoms with Crippen LogP contribution in [0.1, 0.15) is 29.5 Å². The minimum atomic E-state index is -0.328. The van der Waals surface area contributed by atoms with E-state index in [2.05, 4.69) is 16.0 Å². The standard InChI is InChI=1S/C23H21F2N3O/c1-15-10-19(25)11-21-22(15)27-13-17(12-26)23(21)28-8-6-20(7-9-28)29-14-16-2-4-18(24)5-3-16/h2-5,10-11,13,20H,6-9,14H2,1H3. The fourth-order valence-corrected chi connectivity index (χ4v) is 3.89. The smallest absolute Gasteiger partial charge is 0.124 e. The number of nitriles is 1. The van der Waals surface area contributed by atoms with Crippen molar-refractivity contribution in [2.45, 2.75) is 32.5 Å². The Bertz CT molecular complexity index is 1070. The predicted octanol–water partition coefficient (Wildman–Crippen LogP) is 4.88. The van der Waals surface area contributed by atoms with E-state index in [-0.39, 0.29) is 17.7 Å². The van der Waals surface area contributed by atoms with Crippen molar-refractivity contribution in [3.8, 4) is 6.07 Å². The summed E-state index contributed by atoms with van der Waals surface area (Å²) in [5, 5.41) is 10.2. The van der Waals surface area contributed by atoms with Crippen molar-refractivity contribution in [1.29, 1.82) is 5.26 Å². The number of hydrogen-bond acceptors (Lipinski definition) is 4. The molecule has 0 amide bonds. The number of benzene rings is 2. The summed E-state index contributed by atoms with van der Waals surface area (Å²) in [6.07, 6.45) is 3.25. The third-order valence-corrected chi connectivity index (χ3v) is 5.38. The maximum absolute atomic E-state index is 14.1. The van der Waals surface area contributed by atoms with Gasteiger partial charge >= 0.3 is 0 Å². The molecule has 2 heterocycles. The molecule has 0 aliphatic carbocycles. The van der Waals surface area contributed by atoms with Gasteiger partial charge in [0.15, 0.2) is 0 Å². The Morgan fingerprint density at radius 2 is 1.86 bits per heavy atom. The van der Waals surface area contributed by atoms with Crippen molar-refractivity contribution in [3.63, 3.8) is 0 Å². The lowest BCUT2D eigenvalue weighted by molar-refractivity contribution is 0.0251. The summed E-state index contributed by atoms with van der Waals surface area (Å²) in [5.41, 5.74) is 3.61. The highest BCUT2D eigenvalue weighted by molar-refractivity contribution is 5.96. The fraction of sp³-hybridized carbons (Fsp3) is 0.304. The number of nitrogens with zero attached hydrogens (tertiary/aromatic N) is 3. The number of rotatable bonds is 4. The number of aryl methyl sites for hydroxylation is 1. The molecule has 4 nitrogen and oxygen atoms in total. The number of anilines is 1. The van der Waals surface area contributed by atoms with Crippen molar-refractivity contribution >= 4 is 16.6 Å². The van der Waals surface area contributed by atoms with Crippen LogP contribution in [-0.4, -0.2) is 24.2 Å². The lowest BCUT2D eigenvalue weighted by Crippen LogP contribution is -2.37. The first-order chi connectivity index (χ1) is 14.0. The van der Waals surface area contributed by atoms with Crippen LogP contribution in [0.15, 0.2) is 42.6 Å². The Kier molecular flexibility index (Phi) is 5.41. The van der Waals surface area contributed by atoms with E-state index in [9.17, 15) is 14.0 Å². The first kappa shape index (κ1) is 19.3. The minimum absolute atomic E-state index is 0.0911. The van der Waals surface area contributed by atoms with Gasteiger partial charge < -0.3 is 9.64 Å². The molecule has 2 aromatic carbocycles. The molecule has 1 fully saturated rings. The Labute approximate surface area is 168 Å². The number of fused-ring (bicyclic) bond motifs is 1. The van der Waals surface area contributed by atoms with Gasteiger partial charge in [-0.3, -0.25) is 4.98 Å². The van der Waals surface area contributed by atoms with E-state index in [1.54, 1.807) is 18.3 Å². The lowest BCUT2D eigenvalue weighted by Gasteiger charge is -2.34. The molecular formula is C23H21F2N3O. The predicted molar refractivity (Wildman–Crippen MR) is 108 cm³/mol. The molecule has 1 aliphatic rings. The van der Waals surface area contributed by atoms with Crippen molar-refractivity contribution < 1.29 is 13.5 Å². The minimum Gasteiger partial charge on any atom is -0.373 e. The Morgan fingerprint density at radius 1 is 1.14 bits per heavy atom. The van der Waals surface area contributed by atoms with Gasteiger partial charge in [-0.2, -0.15) is 5.26 Å². The molecule has 3 aromatic rings. The first-order valence-corrected chi connectivity index (χ1v) is 9.65. The van der Waals surface area contributed by atoms with E-state index < -0.39 is 0 Å². The van der Waals surface area contributed by atoms with Crippen LogP contribution in [0.2, 0.25) is 0 Å². The van der Waals surface area contributed by atoms with Crippen LogP contribution in [0.4, 0.5) is 14.5 Å². The zero-order valence-electron chi connectivity index (χ0n) is 16.2. The number of hydrogen-bond donors (Lipinski definition) is 0. The summed E-state index contributed by atoms with van der Waals surface area (Å²) in [7, 11) is 0. The topological polar surface area (TPSA) is 49.1 Å². The molecule has 148 valence electrons. The maximum atomic E-state index is 14.1. The monoisotopic (exact) mass is 393 g/mol. The number of ether oxygens (including phenoxy) is 1. The molecule has 6 heteroatoms. The zero-order chi connectivity index (χ0) is 20.4. The molecule has 4 rings (SSSR count). The molecule has 1 aromatic heterocycles. The van der Waals surface area contributed by atoms with Gasteiger partial charge in [0.25, 0.3) is 0 Å². The summed E-state index contributed by atoms with van der Waals surface area (Å²) in [5.74, 6) is -0.586. The van der Waals surface area contributed by atoms with E-state index >= 15 is 0 Å². The van der Waals surface area contributed by atoms with Crippen LogP contribution < -0.4 is 4.90 Å². The van der Waals surface area contributed by atoms with Crippen LogP contribution in [0, 0.1) is 29.9 Å². The number of halogens is 2. The van der Waals surface area contributed by atoms with Crippen LogP contribution in [0.5, 0.6) is 0 Å². The highest BCUT2D eigenvalue weighted by atomic mass is 19.1. The summed E-state index contributed by atoms with van der Waals surface area (Å²) < 4.78 is 33.1. The van der Waals surface area contributed by atoms with Gasteiger partial charge in [-0.15, -0.1) is 0 Å². The lowest BCUT2D eigenvalue weighted by atomic mass is 10.0. The second-order valence-corrected chi connectivity index (χ2v) is 7.38. The van der Waals surface area contributed by atoms with Gasteiger partial charge in [-0.05, 0) is 55.2 Å².